The monoisotopic (exact) mass is 128 g/mol. The Morgan fingerprint density at radius 1 is 1.44 bits per heavy atom. The molecule has 54 valence electrons. The Balaban J connectivity index is 2.14. The lowest BCUT2D eigenvalue weighted by atomic mass is 10.0. The van der Waals surface area contributed by atoms with Crippen LogP contribution in [0.3, 0.4) is 0 Å². The van der Waals surface area contributed by atoms with Crippen LogP contribution in [-0.4, -0.2) is 11.7 Å². The van der Waals surface area contributed by atoms with Crippen LogP contribution in [0.25, 0.3) is 0 Å². The maximum absolute atomic E-state index is 8.61. The van der Waals surface area contributed by atoms with Gasteiger partial charge in [-0.05, 0) is 24.7 Å². The van der Waals surface area contributed by atoms with E-state index in [0.29, 0.717) is 6.61 Å². The summed E-state index contributed by atoms with van der Waals surface area (Å²) in [6.45, 7) is 2.69. The predicted molar refractivity (Wildman–Crippen MR) is 38.2 cm³/mol. The molecule has 1 N–H and O–H groups in total. The summed E-state index contributed by atoms with van der Waals surface area (Å²) in [7, 11) is 0. The Bertz CT molecular complexity index is 78.6. The first kappa shape index (κ1) is 7.07. The molecule has 1 rings (SSSR count). The van der Waals surface area contributed by atoms with Gasteiger partial charge in [-0.1, -0.05) is 19.8 Å². The predicted octanol–water partition coefficient (Wildman–Crippen LogP) is 1.80. The van der Waals surface area contributed by atoms with Crippen LogP contribution in [-0.2, 0) is 0 Å². The van der Waals surface area contributed by atoms with Crippen LogP contribution in [0, 0.1) is 11.8 Å². The second-order valence-corrected chi connectivity index (χ2v) is 3.30. The fraction of sp³-hybridized carbons (Fsp3) is 1.00. The highest BCUT2D eigenvalue weighted by atomic mass is 16.3. The van der Waals surface area contributed by atoms with E-state index < -0.39 is 0 Å². The van der Waals surface area contributed by atoms with Crippen molar-refractivity contribution in [2.75, 3.05) is 6.61 Å². The van der Waals surface area contributed by atoms with Crippen LogP contribution in [0.15, 0.2) is 0 Å². The Kier molecular flexibility index (Phi) is 2.52. The summed E-state index contributed by atoms with van der Waals surface area (Å²) < 4.78 is 0. The van der Waals surface area contributed by atoms with E-state index in [9.17, 15) is 0 Å². The molecule has 2 atom stereocenters. The molecule has 1 aliphatic rings. The fourth-order valence-corrected chi connectivity index (χ4v) is 1.77. The van der Waals surface area contributed by atoms with E-state index in [1.54, 1.807) is 0 Å². The molecule has 0 spiro atoms. The molecule has 1 fully saturated rings. The summed E-state index contributed by atoms with van der Waals surface area (Å²) in [4.78, 5) is 0. The second-order valence-electron chi connectivity index (χ2n) is 3.30. The molecular weight excluding hydrogens is 112 g/mol. The molecule has 0 aromatic heterocycles. The minimum atomic E-state index is 0.386. The summed E-state index contributed by atoms with van der Waals surface area (Å²) in [5.41, 5.74) is 0. The van der Waals surface area contributed by atoms with E-state index >= 15 is 0 Å². The van der Waals surface area contributed by atoms with Crippen molar-refractivity contribution in [2.24, 2.45) is 11.8 Å². The topological polar surface area (TPSA) is 20.2 Å². The Morgan fingerprint density at radius 2 is 2.22 bits per heavy atom. The van der Waals surface area contributed by atoms with Crippen LogP contribution in [0.5, 0.6) is 0 Å². The maximum Gasteiger partial charge on any atom is 0.0433 e. The van der Waals surface area contributed by atoms with Gasteiger partial charge in [0.25, 0.3) is 0 Å². The lowest BCUT2D eigenvalue weighted by Gasteiger charge is -2.04. The Labute approximate surface area is 57.1 Å². The van der Waals surface area contributed by atoms with Crippen molar-refractivity contribution in [3.8, 4) is 0 Å². The van der Waals surface area contributed by atoms with Crippen molar-refractivity contribution in [3.63, 3.8) is 0 Å². The summed E-state index contributed by atoms with van der Waals surface area (Å²) >= 11 is 0. The third-order valence-electron chi connectivity index (χ3n) is 2.34. The minimum absolute atomic E-state index is 0.386. The summed E-state index contributed by atoms with van der Waals surface area (Å²) in [5.74, 6) is 1.76. The van der Waals surface area contributed by atoms with Crippen LogP contribution < -0.4 is 0 Å². The van der Waals surface area contributed by atoms with Crippen LogP contribution in [0.2, 0.25) is 0 Å². The van der Waals surface area contributed by atoms with Crippen molar-refractivity contribution < 1.29 is 5.11 Å². The molecule has 0 saturated heterocycles. The summed E-state index contributed by atoms with van der Waals surface area (Å²) in [6.07, 6.45) is 5.11. The van der Waals surface area contributed by atoms with Gasteiger partial charge in [0.2, 0.25) is 0 Å². The molecule has 1 saturated carbocycles. The molecule has 9 heavy (non-hydrogen) atoms. The van der Waals surface area contributed by atoms with Crippen LogP contribution >= 0.6 is 0 Å². The van der Waals surface area contributed by atoms with Gasteiger partial charge in [0.05, 0.1) is 0 Å². The molecule has 0 aliphatic heterocycles. The highest BCUT2D eigenvalue weighted by Crippen LogP contribution is 2.31. The molecule has 0 aromatic rings. The van der Waals surface area contributed by atoms with Crippen LogP contribution in [0.4, 0.5) is 0 Å². The second kappa shape index (κ2) is 3.21. The number of rotatable bonds is 2. The van der Waals surface area contributed by atoms with E-state index in [4.69, 9.17) is 5.11 Å². The average Bonchev–Trinajstić information content (AvgIpc) is 2.17. The molecular formula is C8H16O. The molecule has 1 aliphatic carbocycles. The van der Waals surface area contributed by atoms with Gasteiger partial charge in [-0.15, -0.1) is 0 Å². The first-order chi connectivity index (χ1) is 4.33. The van der Waals surface area contributed by atoms with Gasteiger partial charge < -0.3 is 5.11 Å². The number of hydrogen-bond donors (Lipinski definition) is 1. The van der Waals surface area contributed by atoms with Gasteiger partial charge in [-0.25, -0.2) is 0 Å². The smallest absolute Gasteiger partial charge is 0.0433 e. The molecule has 0 amide bonds. The minimum Gasteiger partial charge on any atom is -0.396 e. The molecule has 1 nitrogen and oxygen atoms in total. The number of aliphatic hydroxyl groups excluding tert-OH is 1. The summed E-state index contributed by atoms with van der Waals surface area (Å²) in [5, 5.41) is 8.61. The zero-order valence-electron chi connectivity index (χ0n) is 6.14. The van der Waals surface area contributed by atoms with Crippen molar-refractivity contribution in [2.45, 2.75) is 32.6 Å². The van der Waals surface area contributed by atoms with Crippen molar-refractivity contribution in [1.82, 2.24) is 0 Å². The lowest BCUT2D eigenvalue weighted by Crippen LogP contribution is -1.97. The van der Waals surface area contributed by atoms with E-state index in [1.807, 2.05) is 0 Å². The molecule has 0 aromatic carbocycles. The standard InChI is InChI=1S/C8H16O/c1-7-2-3-8(6-7)4-5-9/h7-9H,2-6H2,1H3/t7-,8-/m0/s1. The lowest BCUT2D eigenvalue weighted by molar-refractivity contribution is 0.256. The first-order valence-electron chi connectivity index (χ1n) is 3.93. The molecule has 0 heterocycles. The van der Waals surface area contributed by atoms with Crippen molar-refractivity contribution >= 4 is 0 Å². The van der Waals surface area contributed by atoms with E-state index in [1.165, 1.54) is 19.3 Å². The van der Waals surface area contributed by atoms with E-state index in [2.05, 4.69) is 6.92 Å². The van der Waals surface area contributed by atoms with Crippen molar-refractivity contribution in [1.29, 1.82) is 0 Å². The summed E-state index contributed by atoms with van der Waals surface area (Å²) in [6, 6.07) is 0. The number of hydrogen-bond acceptors (Lipinski definition) is 1. The maximum atomic E-state index is 8.61. The van der Waals surface area contributed by atoms with Crippen LogP contribution in [0.1, 0.15) is 32.6 Å². The third kappa shape index (κ3) is 1.98. The average molecular weight is 128 g/mol. The molecule has 1 heteroatoms. The van der Waals surface area contributed by atoms with Gasteiger partial charge in [-0.2, -0.15) is 0 Å². The highest BCUT2D eigenvalue weighted by Gasteiger charge is 2.19. The van der Waals surface area contributed by atoms with Gasteiger partial charge in [0, 0.05) is 6.61 Å². The zero-order valence-corrected chi connectivity index (χ0v) is 6.14. The largest absolute Gasteiger partial charge is 0.396 e. The Morgan fingerprint density at radius 3 is 2.67 bits per heavy atom. The zero-order chi connectivity index (χ0) is 6.69. The molecule has 0 unspecified atom stereocenters. The van der Waals surface area contributed by atoms with Crippen molar-refractivity contribution in [3.05, 3.63) is 0 Å². The third-order valence-corrected chi connectivity index (χ3v) is 2.34. The fourth-order valence-electron chi connectivity index (χ4n) is 1.77. The normalized spacial score (nSPS) is 35.3. The molecule has 0 bridgehead atoms. The quantitative estimate of drug-likeness (QED) is 0.601. The number of aliphatic hydroxyl groups is 1. The SMILES string of the molecule is C[C@H]1CC[C@@H](CCO)C1. The Hall–Kier alpha value is -0.0400. The van der Waals surface area contributed by atoms with E-state index in [-0.39, 0.29) is 0 Å². The first-order valence-corrected chi connectivity index (χ1v) is 3.93. The van der Waals surface area contributed by atoms with E-state index in [0.717, 1.165) is 18.3 Å². The highest BCUT2D eigenvalue weighted by molar-refractivity contribution is 4.71. The van der Waals surface area contributed by atoms with Gasteiger partial charge in [0.1, 0.15) is 0 Å². The van der Waals surface area contributed by atoms with Gasteiger partial charge in [-0.3, -0.25) is 0 Å². The van der Waals surface area contributed by atoms with Gasteiger partial charge in [0.15, 0.2) is 0 Å². The molecule has 0 radical (unpaired) electrons. The van der Waals surface area contributed by atoms with Gasteiger partial charge >= 0.3 is 0 Å².